The van der Waals surface area contributed by atoms with Crippen molar-refractivity contribution >= 4 is 16.7 Å². The standard InChI is InChI=1S/C15H16O4/c1-3-13(15(17)18-2)19-14-9-5-6-10-11(14)7-4-8-12(10)16/h4-9,13,16H,3H2,1-2H3. The molecule has 0 aliphatic rings. The smallest absolute Gasteiger partial charge is 0.347 e. The van der Waals surface area contributed by atoms with E-state index in [1.165, 1.54) is 7.11 Å². The van der Waals surface area contributed by atoms with Gasteiger partial charge in [-0.15, -0.1) is 0 Å². The molecule has 1 unspecified atom stereocenters. The molecule has 1 atom stereocenters. The van der Waals surface area contributed by atoms with E-state index >= 15 is 0 Å². The van der Waals surface area contributed by atoms with E-state index in [0.29, 0.717) is 17.6 Å². The Bertz CT molecular complexity index is 592. The zero-order chi connectivity index (χ0) is 13.8. The summed E-state index contributed by atoms with van der Waals surface area (Å²) in [7, 11) is 1.34. The van der Waals surface area contributed by atoms with Crippen molar-refractivity contribution in [3.63, 3.8) is 0 Å². The molecule has 2 rings (SSSR count). The molecule has 2 aromatic carbocycles. The molecule has 0 heterocycles. The van der Waals surface area contributed by atoms with Crippen molar-refractivity contribution in [3.05, 3.63) is 36.4 Å². The van der Waals surface area contributed by atoms with Crippen molar-refractivity contribution < 1.29 is 19.4 Å². The van der Waals surface area contributed by atoms with Crippen LogP contribution < -0.4 is 4.74 Å². The third-order valence-electron chi connectivity index (χ3n) is 2.96. The number of esters is 1. The minimum atomic E-state index is -0.641. The molecule has 2 aromatic rings. The van der Waals surface area contributed by atoms with Crippen LogP contribution in [0, 0.1) is 0 Å². The zero-order valence-electron chi connectivity index (χ0n) is 10.9. The minimum absolute atomic E-state index is 0.189. The van der Waals surface area contributed by atoms with E-state index in [-0.39, 0.29) is 5.75 Å². The monoisotopic (exact) mass is 260 g/mol. The van der Waals surface area contributed by atoms with Gasteiger partial charge in [0.05, 0.1) is 7.11 Å². The normalized spacial score (nSPS) is 12.1. The van der Waals surface area contributed by atoms with E-state index < -0.39 is 12.1 Å². The van der Waals surface area contributed by atoms with Crippen LogP contribution in [0.25, 0.3) is 10.8 Å². The van der Waals surface area contributed by atoms with Crippen molar-refractivity contribution in [1.82, 2.24) is 0 Å². The number of rotatable bonds is 4. The van der Waals surface area contributed by atoms with Crippen LogP contribution in [0.4, 0.5) is 0 Å². The molecule has 0 spiro atoms. The Hall–Kier alpha value is -2.23. The van der Waals surface area contributed by atoms with Crippen molar-refractivity contribution in [2.75, 3.05) is 7.11 Å². The van der Waals surface area contributed by atoms with Crippen molar-refractivity contribution in [2.24, 2.45) is 0 Å². The van der Waals surface area contributed by atoms with Gasteiger partial charge < -0.3 is 14.6 Å². The summed E-state index contributed by atoms with van der Waals surface area (Å²) in [4.78, 5) is 11.6. The van der Waals surface area contributed by atoms with Crippen molar-refractivity contribution in [3.8, 4) is 11.5 Å². The average molecular weight is 260 g/mol. The Labute approximate surface area is 111 Å². The Morgan fingerprint density at radius 3 is 2.58 bits per heavy atom. The van der Waals surface area contributed by atoms with Gasteiger partial charge in [0.25, 0.3) is 0 Å². The molecular formula is C15H16O4. The molecule has 1 N–H and O–H groups in total. The second kappa shape index (κ2) is 5.61. The van der Waals surface area contributed by atoms with Gasteiger partial charge in [0.2, 0.25) is 0 Å². The highest BCUT2D eigenvalue weighted by Gasteiger charge is 2.19. The minimum Gasteiger partial charge on any atom is -0.507 e. The Balaban J connectivity index is 2.40. The Kier molecular flexibility index (Phi) is 3.90. The van der Waals surface area contributed by atoms with Crippen molar-refractivity contribution in [2.45, 2.75) is 19.4 Å². The highest BCUT2D eigenvalue weighted by atomic mass is 16.6. The number of aromatic hydroxyl groups is 1. The van der Waals surface area contributed by atoms with Gasteiger partial charge in [-0.05, 0) is 18.6 Å². The third-order valence-corrected chi connectivity index (χ3v) is 2.96. The fourth-order valence-corrected chi connectivity index (χ4v) is 1.95. The zero-order valence-corrected chi connectivity index (χ0v) is 10.9. The largest absolute Gasteiger partial charge is 0.507 e. The number of carbonyl (C=O) groups is 1. The van der Waals surface area contributed by atoms with Crippen LogP contribution in [0.1, 0.15) is 13.3 Å². The molecule has 0 aliphatic heterocycles. The van der Waals surface area contributed by atoms with Gasteiger partial charge >= 0.3 is 5.97 Å². The number of fused-ring (bicyclic) bond motifs is 1. The number of benzene rings is 2. The number of carbonyl (C=O) groups excluding carboxylic acids is 1. The molecule has 0 aliphatic carbocycles. The molecular weight excluding hydrogens is 244 g/mol. The van der Waals surface area contributed by atoms with Gasteiger partial charge in [0.15, 0.2) is 6.10 Å². The first-order valence-corrected chi connectivity index (χ1v) is 6.12. The molecule has 19 heavy (non-hydrogen) atoms. The quantitative estimate of drug-likeness (QED) is 0.859. The maximum absolute atomic E-state index is 11.6. The summed E-state index contributed by atoms with van der Waals surface area (Å²) in [5.74, 6) is 0.347. The van der Waals surface area contributed by atoms with Gasteiger partial charge in [0.1, 0.15) is 11.5 Å². The summed E-state index contributed by atoms with van der Waals surface area (Å²) in [6, 6.07) is 10.5. The Morgan fingerprint density at radius 1 is 1.21 bits per heavy atom. The number of phenolic OH excluding ortho intramolecular Hbond substituents is 1. The van der Waals surface area contributed by atoms with E-state index in [2.05, 4.69) is 0 Å². The molecule has 0 saturated heterocycles. The highest BCUT2D eigenvalue weighted by molar-refractivity contribution is 5.93. The van der Waals surface area contributed by atoms with Crippen molar-refractivity contribution in [1.29, 1.82) is 0 Å². The van der Waals surface area contributed by atoms with E-state index in [9.17, 15) is 9.90 Å². The van der Waals surface area contributed by atoms with Crippen LogP contribution in [0.15, 0.2) is 36.4 Å². The first-order chi connectivity index (χ1) is 9.17. The molecule has 0 aromatic heterocycles. The predicted molar refractivity (Wildman–Crippen MR) is 72.3 cm³/mol. The molecule has 4 nitrogen and oxygen atoms in total. The van der Waals surface area contributed by atoms with Crippen LogP contribution in [0.3, 0.4) is 0 Å². The SMILES string of the molecule is CCC(Oc1cccc2c(O)cccc12)C(=O)OC. The van der Waals surface area contributed by atoms with Crippen LogP contribution in [0.2, 0.25) is 0 Å². The summed E-state index contributed by atoms with van der Waals surface area (Å²) in [6.45, 7) is 1.85. The second-order valence-corrected chi connectivity index (χ2v) is 4.17. The first-order valence-electron chi connectivity index (χ1n) is 6.12. The Morgan fingerprint density at radius 2 is 1.89 bits per heavy atom. The third kappa shape index (κ3) is 2.62. The lowest BCUT2D eigenvalue weighted by Crippen LogP contribution is -2.27. The molecule has 100 valence electrons. The van der Waals surface area contributed by atoms with Gasteiger partial charge in [-0.1, -0.05) is 31.2 Å². The van der Waals surface area contributed by atoms with Crippen LogP contribution in [-0.4, -0.2) is 24.3 Å². The van der Waals surface area contributed by atoms with Gasteiger partial charge in [-0.25, -0.2) is 4.79 Å². The van der Waals surface area contributed by atoms with Crippen LogP contribution in [0.5, 0.6) is 11.5 Å². The van der Waals surface area contributed by atoms with E-state index in [0.717, 1.165) is 5.39 Å². The molecule has 0 amide bonds. The maximum Gasteiger partial charge on any atom is 0.347 e. The van der Waals surface area contributed by atoms with E-state index in [1.807, 2.05) is 13.0 Å². The van der Waals surface area contributed by atoms with E-state index in [1.54, 1.807) is 30.3 Å². The molecule has 0 bridgehead atoms. The number of ether oxygens (including phenoxy) is 2. The average Bonchev–Trinajstić information content (AvgIpc) is 2.44. The number of hydrogen-bond donors (Lipinski definition) is 1. The van der Waals surface area contributed by atoms with Gasteiger partial charge in [0, 0.05) is 10.8 Å². The molecule has 0 saturated carbocycles. The summed E-state index contributed by atoms with van der Waals surface area (Å²) < 4.78 is 10.4. The lowest BCUT2D eigenvalue weighted by Gasteiger charge is -2.16. The molecule has 0 fully saturated rings. The van der Waals surface area contributed by atoms with Crippen LogP contribution >= 0.6 is 0 Å². The molecule has 4 heteroatoms. The fourth-order valence-electron chi connectivity index (χ4n) is 1.95. The summed E-state index contributed by atoms with van der Waals surface area (Å²) in [6.07, 6.45) is -0.125. The van der Waals surface area contributed by atoms with Gasteiger partial charge in [-0.2, -0.15) is 0 Å². The number of phenols is 1. The topological polar surface area (TPSA) is 55.8 Å². The van der Waals surface area contributed by atoms with E-state index in [4.69, 9.17) is 9.47 Å². The lowest BCUT2D eigenvalue weighted by molar-refractivity contribution is -0.148. The second-order valence-electron chi connectivity index (χ2n) is 4.17. The molecule has 0 radical (unpaired) electrons. The fraction of sp³-hybridized carbons (Fsp3) is 0.267. The summed E-state index contributed by atoms with van der Waals surface area (Å²) in [5, 5.41) is 11.3. The van der Waals surface area contributed by atoms with Gasteiger partial charge in [-0.3, -0.25) is 0 Å². The lowest BCUT2D eigenvalue weighted by atomic mass is 10.1. The number of methoxy groups -OCH3 is 1. The number of hydrogen-bond acceptors (Lipinski definition) is 4. The van der Waals surface area contributed by atoms with Crippen LogP contribution in [-0.2, 0) is 9.53 Å². The summed E-state index contributed by atoms with van der Waals surface area (Å²) >= 11 is 0. The summed E-state index contributed by atoms with van der Waals surface area (Å²) in [5.41, 5.74) is 0. The first kappa shape index (κ1) is 13.2. The highest BCUT2D eigenvalue weighted by Crippen LogP contribution is 2.32. The maximum atomic E-state index is 11.6. The predicted octanol–water partition coefficient (Wildman–Crippen LogP) is 2.88.